The molecule has 1 aromatic carbocycles. The molecule has 0 atom stereocenters. The van der Waals surface area contributed by atoms with E-state index in [-0.39, 0.29) is 5.91 Å². The first-order valence-corrected chi connectivity index (χ1v) is 9.62. The molecule has 0 spiro atoms. The fraction of sp³-hybridized carbons (Fsp3) is 0.316. The molecule has 8 heteroatoms. The molecule has 0 unspecified atom stereocenters. The van der Waals surface area contributed by atoms with Gasteiger partial charge < -0.3 is 9.47 Å². The van der Waals surface area contributed by atoms with Gasteiger partial charge in [0, 0.05) is 24.8 Å². The van der Waals surface area contributed by atoms with Crippen molar-refractivity contribution in [3.8, 4) is 11.5 Å². The van der Waals surface area contributed by atoms with Crippen LogP contribution in [0.1, 0.15) is 16.8 Å². The highest BCUT2D eigenvalue weighted by Crippen LogP contribution is 2.33. The van der Waals surface area contributed by atoms with Gasteiger partial charge in [0.1, 0.15) is 4.32 Å². The Kier molecular flexibility index (Phi) is 5.86. The molecule has 3 rings (SSSR count). The number of amides is 1. The molecule has 6 nitrogen and oxygen atoms in total. The zero-order valence-electron chi connectivity index (χ0n) is 15.7. The van der Waals surface area contributed by atoms with Crippen LogP contribution in [0.15, 0.2) is 29.3 Å². The van der Waals surface area contributed by atoms with Crippen LogP contribution in [0.2, 0.25) is 0 Å². The van der Waals surface area contributed by atoms with Crippen molar-refractivity contribution in [2.75, 3.05) is 20.8 Å². The molecule has 1 aliphatic rings. The molecule has 27 heavy (non-hydrogen) atoms. The summed E-state index contributed by atoms with van der Waals surface area (Å²) in [6, 6.07) is 5.75. The van der Waals surface area contributed by atoms with E-state index in [0.29, 0.717) is 33.7 Å². The third kappa shape index (κ3) is 4.01. The Morgan fingerprint density at radius 3 is 2.63 bits per heavy atom. The number of hydrogen-bond donors (Lipinski definition) is 0. The van der Waals surface area contributed by atoms with E-state index >= 15 is 0 Å². The summed E-state index contributed by atoms with van der Waals surface area (Å²) in [4.78, 5) is 15.0. The number of aromatic nitrogens is 2. The van der Waals surface area contributed by atoms with Crippen molar-refractivity contribution in [1.29, 1.82) is 0 Å². The average molecular weight is 404 g/mol. The van der Waals surface area contributed by atoms with Crippen LogP contribution in [-0.2, 0) is 18.3 Å². The number of nitrogens with zero attached hydrogens (tertiary/aromatic N) is 3. The number of aryl methyl sites for hydroxylation is 1. The van der Waals surface area contributed by atoms with Crippen molar-refractivity contribution < 1.29 is 14.3 Å². The van der Waals surface area contributed by atoms with E-state index in [1.165, 1.54) is 11.8 Å². The first-order chi connectivity index (χ1) is 12.9. The van der Waals surface area contributed by atoms with Crippen LogP contribution in [0.5, 0.6) is 11.5 Å². The van der Waals surface area contributed by atoms with Gasteiger partial charge >= 0.3 is 0 Å². The maximum absolute atomic E-state index is 12.8. The summed E-state index contributed by atoms with van der Waals surface area (Å²) < 4.78 is 13.0. The normalized spacial score (nSPS) is 15.7. The molecule has 2 heterocycles. The Morgan fingerprint density at radius 1 is 1.26 bits per heavy atom. The Morgan fingerprint density at radius 2 is 2.00 bits per heavy atom. The van der Waals surface area contributed by atoms with E-state index < -0.39 is 0 Å². The molecular weight excluding hydrogens is 382 g/mol. The highest BCUT2D eigenvalue weighted by Gasteiger charge is 2.31. The van der Waals surface area contributed by atoms with Crippen LogP contribution in [0.4, 0.5) is 0 Å². The standard InChI is InChI=1S/C19H21N3O3S2/c1-12-14(11-20-21(12)2)10-17-18(23)22(19(26)27-17)8-7-13-5-6-15(24-3)16(9-13)25-4/h5-6,9-11H,7-8H2,1-4H3. The third-order valence-electron chi connectivity index (χ3n) is 4.51. The number of hydrogen-bond acceptors (Lipinski definition) is 6. The highest BCUT2D eigenvalue weighted by atomic mass is 32.2. The largest absolute Gasteiger partial charge is 0.493 e. The predicted octanol–water partition coefficient (Wildman–Crippen LogP) is 3.19. The van der Waals surface area contributed by atoms with Gasteiger partial charge in [-0.25, -0.2) is 0 Å². The quantitative estimate of drug-likeness (QED) is 0.545. The molecule has 0 aliphatic carbocycles. The molecule has 2 aromatic rings. The van der Waals surface area contributed by atoms with Gasteiger partial charge in [-0.05, 0) is 37.1 Å². The lowest BCUT2D eigenvalue weighted by Gasteiger charge is -2.15. The van der Waals surface area contributed by atoms with Gasteiger partial charge in [-0.1, -0.05) is 30.0 Å². The first kappa shape index (κ1) is 19.4. The minimum absolute atomic E-state index is 0.0614. The van der Waals surface area contributed by atoms with Gasteiger partial charge in [-0.2, -0.15) is 5.10 Å². The lowest BCUT2D eigenvalue weighted by molar-refractivity contribution is -0.122. The van der Waals surface area contributed by atoms with E-state index in [0.717, 1.165) is 16.8 Å². The molecule has 1 aliphatic heterocycles. The Balaban J connectivity index is 1.72. The molecular formula is C19H21N3O3S2. The van der Waals surface area contributed by atoms with E-state index in [1.807, 2.05) is 38.2 Å². The molecule has 0 radical (unpaired) electrons. The van der Waals surface area contributed by atoms with E-state index in [1.54, 1.807) is 30.0 Å². The average Bonchev–Trinajstić information content (AvgIpc) is 3.12. The SMILES string of the molecule is COc1ccc(CCN2C(=O)C(=Cc3cnn(C)c3C)SC2=S)cc1OC. The van der Waals surface area contributed by atoms with Gasteiger partial charge in [0.05, 0.1) is 25.3 Å². The van der Waals surface area contributed by atoms with Gasteiger partial charge in [-0.15, -0.1) is 0 Å². The van der Waals surface area contributed by atoms with Crippen LogP contribution < -0.4 is 9.47 Å². The summed E-state index contributed by atoms with van der Waals surface area (Å²) in [6.45, 7) is 2.49. The van der Waals surface area contributed by atoms with Crippen LogP contribution in [0.3, 0.4) is 0 Å². The molecule has 0 saturated carbocycles. The Hall–Kier alpha value is -2.32. The van der Waals surface area contributed by atoms with Crippen molar-refractivity contribution in [1.82, 2.24) is 14.7 Å². The topological polar surface area (TPSA) is 56.6 Å². The minimum Gasteiger partial charge on any atom is -0.493 e. The fourth-order valence-corrected chi connectivity index (χ4v) is 4.07. The highest BCUT2D eigenvalue weighted by molar-refractivity contribution is 8.26. The molecule has 1 fully saturated rings. The first-order valence-electron chi connectivity index (χ1n) is 8.39. The molecule has 142 valence electrons. The monoisotopic (exact) mass is 403 g/mol. The molecule has 1 saturated heterocycles. The van der Waals surface area contributed by atoms with Gasteiger partial charge in [-0.3, -0.25) is 14.4 Å². The number of rotatable bonds is 6. The van der Waals surface area contributed by atoms with Gasteiger partial charge in [0.15, 0.2) is 11.5 Å². The van der Waals surface area contributed by atoms with Crippen molar-refractivity contribution in [3.05, 3.63) is 46.1 Å². The number of benzene rings is 1. The lowest BCUT2D eigenvalue weighted by atomic mass is 10.1. The van der Waals surface area contributed by atoms with Crippen molar-refractivity contribution in [2.45, 2.75) is 13.3 Å². The van der Waals surface area contributed by atoms with Crippen molar-refractivity contribution in [3.63, 3.8) is 0 Å². The second-order valence-corrected chi connectivity index (χ2v) is 7.76. The summed E-state index contributed by atoms with van der Waals surface area (Å²) in [5.41, 5.74) is 2.98. The minimum atomic E-state index is -0.0614. The van der Waals surface area contributed by atoms with E-state index in [4.69, 9.17) is 21.7 Å². The summed E-state index contributed by atoms with van der Waals surface area (Å²) in [5, 5.41) is 4.21. The number of methoxy groups -OCH3 is 2. The number of carbonyl (C=O) groups is 1. The second kappa shape index (κ2) is 8.14. The van der Waals surface area contributed by atoms with Crippen LogP contribution in [0.25, 0.3) is 6.08 Å². The lowest BCUT2D eigenvalue weighted by Crippen LogP contribution is -2.30. The predicted molar refractivity (Wildman–Crippen MR) is 111 cm³/mol. The fourth-order valence-electron chi connectivity index (χ4n) is 2.77. The summed E-state index contributed by atoms with van der Waals surface area (Å²) in [6.07, 6.45) is 4.29. The summed E-state index contributed by atoms with van der Waals surface area (Å²) in [7, 11) is 5.09. The van der Waals surface area contributed by atoms with Crippen LogP contribution in [-0.4, -0.2) is 45.7 Å². The maximum Gasteiger partial charge on any atom is 0.266 e. The zero-order chi connectivity index (χ0) is 19.6. The van der Waals surface area contributed by atoms with Crippen molar-refractivity contribution in [2.24, 2.45) is 7.05 Å². The summed E-state index contributed by atoms with van der Waals surface area (Å²) >= 11 is 6.74. The van der Waals surface area contributed by atoms with Crippen LogP contribution >= 0.6 is 24.0 Å². The van der Waals surface area contributed by atoms with Crippen LogP contribution in [0, 0.1) is 6.92 Å². The number of thiocarbonyl (C=S) groups is 1. The third-order valence-corrected chi connectivity index (χ3v) is 5.88. The second-order valence-electron chi connectivity index (χ2n) is 6.08. The number of carbonyl (C=O) groups excluding carboxylic acids is 1. The summed E-state index contributed by atoms with van der Waals surface area (Å²) in [5.74, 6) is 1.29. The van der Waals surface area contributed by atoms with Gasteiger partial charge in [0.25, 0.3) is 5.91 Å². The Labute approximate surface area is 168 Å². The Bertz CT molecular complexity index is 921. The maximum atomic E-state index is 12.8. The smallest absolute Gasteiger partial charge is 0.266 e. The molecule has 0 bridgehead atoms. The van der Waals surface area contributed by atoms with E-state index in [2.05, 4.69) is 5.10 Å². The van der Waals surface area contributed by atoms with E-state index in [9.17, 15) is 4.79 Å². The molecule has 0 N–H and O–H groups in total. The molecule has 1 amide bonds. The molecule has 1 aromatic heterocycles. The van der Waals surface area contributed by atoms with Gasteiger partial charge in [0.2, 0.25) is 0 Å². The number of thioether (sulfide) groups is 1. The zero-order valence-corrected chi connectivity index (χ0v) is 17.3. The van der Waals surface area contributed by atoms with Crippen molar-refractivity contribution >= 4 is 40.3 Å². The number of ether oxygens (including phenoxy) is 2.